The van der Waals surface area contributed by atoms with Crippen molar-refractivity contribution < 1.29 is 9.53 Å². The number of thioether (sulfide) groups is 1. The van der Waals surface area contributed by atoms with Gasteiger partial charge in [-0.15, -0.1) is 11.3 Å². The highest BCUT2D eigenvalue weighted by atomic mass is 32.2. The van der Waals surface area contributed by atoms with Gasteiger partial charge in [-0.25, -0.2) is 9.97 Å². The van der Waals surface area contributed by atoms with E-state index in [1.807, 2.05) is 6.92 Å². The summed E-state index contributed by atoms with van der Waals surface area (Å²) in [5.74, 6) is 0.627. The van der Waals surface area contributed by atoms with E-state index in [2.05, 4.69) is 23.8 Å². The number of hydrogen-bond acceptors (Lipinski definition) is 6. The van der Waals surface area contributed by atoms with Gasteiger partial charge < -0.3 is 4.74 Å². The molecule has 1 fully saturated rings. The number of aromatic nitrogens is 2. The molecule has 4 nitrogen and oxygen atoms in total. The van der Waals surface area contributed by atoms with E-state index in [1.165, 1.54) is 22.2 Å². The van der Waals surface area contributed by atoms with Gasteiger partial charge in [0.1, 0.15) is 20.9 Å². The lowest BCUT2D eigenvalue weighted by molar-refractivity contribution is -0.137. The van der Waals surface area contributed by atoms with Crippen molar-refractivity contribution in [2.45, 2.75) is 37.5 Å². The fourth-order valence-electron chi connectivity index (χ4n) is 2.12. The van der Waals surface area contributed by atoms with Gasteiger partial charge in [-0.05, 0) is 26.3 Å². The van der Waals surface area contributed by atoms with Crippen LogP contribution in [0.4, 0.5) is 0 Å². The van der Waals surface area contributed by atoms with Crippen LogP contribution in [0.3, 0.4) is 0 Å². The lowest BCUT2D eigenvalue weighted by Gasteiger charge is -2.07. The first kappa shape index (κ1) is 12.9. The van der Waals surface area contributed by atoms with Crippen LogP contribution in [-0.4, -0.2) is 27.8 Å². The van der Waals surface area contributed by atoms with Crippen LogP contribution in [0, 0.1) is 20.8 Å². The van der Waals surface area contributed by atoms with E-state index in [0.29, 0.717) is 6.61 Å². The van der Waals surface area contributed by atoms with Crippen LogP contribution >= 0.6 is 23.1 Å². The molecule has 3 heterocycles. The van der Waals surface area contributed by atoms with Crippen LogP contribution in [0.1, 0.15) is 22.7 Å². The molecule has 0 N–H and O–H groups in total. The summed E-state index contributed by atoms with van der Waals surface area (Å²) in [5.41, 5.74) is 1.22. The second-order valence-corrected chi connectivity index (χ2v) is 7.00. The molecular formula is C13H14N2O2S2. The Morgan fingerprint density at radius 1 is 1.32 bits per heavy atom. The summed E-state index contributed by atoms with van der Waals surface area (Å²) in [6.07, 6.45) is 0.760. The first-order valence-electron chi connectivity index (χ1n) is 6.14. The molecule has 2 aromatic heterocycles. The van der Waals surface area contributed by atoms with E-state index in [1.54, 1.807) is 11.3 Å². The largest absolute Gasteiger partial charge is 0.465 e. The van der Waals surface area contributed by atoms with Crippen molar-refractivity contribution in [1.29, 1.82) is 0 Å². The SMILES string of the molecule is Cc1nc(S[C@H]2CCOC2=O)c2c(C)c(C)sc2n1. The standard InChI is InChI=1S/C13H14N2O2S2/c1-6-7(2)18-11-10(6)12(15-8(3)14-11)19-9-4-5-17-13(9)16/h9H,4-5H2,1-3H3/t9-/m0/s1. The van der Waals surface area contributed by atoms with E-state index in [9.17, 15) is 4.79 Å². The highest BCUT2D eigenvalue weighted by Gasteiger charge is 2.29. The first-order valence-corrected chi connectivity index (χ1v) is 7.83. The zero-order valence-corrected chi connectivity index (χ0v) is 12.7. The number of rotatable bonds is 2. The molecule has 1 aliphatic rings. The Morgan fingerprint density at radius 2 is 2.11 bits per heavy atom. The Hall–Kier alpha value is -1.14. The summed E-state index contributed by atoms with van der Waals surface area (Å²) >= 11 is 3.20. The molecule has 2 aromatic rings. The Balaban J connectivity index is 2.08. The molecule has 0 aliphatic carbocycles. The van der Waals surface area contributed by atoms with Crippen molar-refractivity contribution >= 4 is 39.3 Å². The average Bonchev–Trinajstić information content (AvgIpc) is 2.85. The number of nitrogens with zero attached hydrogens (tertiary/aromatic N) is 2. The van der Waals surface area contributed by atoms with Crippen molar-refractivity contribution in [2.75, 3.05) is 6.61 Å². The number of esters is 1. The molecular weight excluding hydrogens is 280 g/mol. The molecule has 100 valence electrons. The molecule has 19 heavy (non-hydrogen) atoms. The molecule has 0 aromatic carbocycles. The third-order valence-electron chi connectivity index (χ3n) is 3.25. The van der Waals surface area contributed by atoms with Gasteiger partial charge in [-0.3, -0.25) is 4.79 Å². The van der Waals surface area contributed by atoms with E-state index < -0.39 is 0 Å². The minimum atomic E-state index is -0.128. The van der Waals surface area contributed by atoms with Gasteiger partial charge in [0.05, 0.1) is 6.61 Å². The lowest BCUT2D eigenvalue weighted by Crippen LogP contribution is -2.10. The fourth-order valence-corrected chi connectivity index (χ4v) is 4.46. The zero-order valence-electron chi connectivity index (χ0n) is 11.0. The minimum Gasteiger partial charge on any atom is -0.465 e. The van der Waals surface area contributed by atoms with Gasteiger partial charge in [-0.1, -0.05) is 11.8 Å². The van der Waals surface area contributed by atoms with Crippen LogP contribution < -0.4 is 0 Å². The summed E-state index contributed by atoms with van der Waals surface area (Å²) in [6, 6.07) is 0. The van der Waals surface area contributed by atoms with Crippen LogP contribution in [0.5, 0.6) is 0 Å². The fraction of sp³-hybridized carbons (Fsp3) is 0.462. The van der Waals surface area contributed by atoms with E-state index >= 15 is 0 Å². The van der Waals surface area contributed by atoms with E-state index in [-0.39, 0.29) is 11.2 Å². The van der Waals surface area contributed by atoms with Crippen molar-refractivity contribution in [3.63, 3.8) is 0 Å². The van der Waals surface area contributed by atoms with Crippen LogP contribution in [0.15, 0.2) is 5.03 Å². The van der Waals surface area contributed by atoms with Gasteiger partial charge >= 0.3 is 5.97 Å². The number of fused-ring (bicyclic) bond motifs is 1. The van der Waals surface area contributed by atoms with E-state index in [0.717, 1.165) is 27.5 Å². The molecule has 0 saturated carbocycles. The van der Waals surface area contributed by atoms with Gasteiger partial charge in [0.15, 0.2) is 0 Å². The number of carbonyl (C=O) groups is 1. The second-order valence-electron chi connectivity index (χ2n) is 4.60. The maximum absolute atomic E-state index is 11.6. The summed E-state index contributed by atoms with van der Waals surface area (Å²) in [5, 5.41) is 1.88. The number of thiophene rings is 1. The Morgan fingerprint density at radius 3 is 2.79 bits per heavy atom. The highest BCUT2D eigenvalue weighted by Crippen LogP contribution is 2.38. The van der Waals surface area contributed by atoms with Crippen molar-refractivity contribution in [1.82, 2.24) is 9.97 Å². The molecule has 0 spiro atoms. The topological polar surface area (TPSA) is 52.1 Å². The highest BCUT2D eigenvalue weighted by molar-refractivity contribution is 8.00. The Labute approximate surface area is 119 Å². The van der Waals surface area contributed by atoms with Gasteiger partial charge in [0.25, 0.3) is 0 Å². The summed E-state index contributed by atoms with van der Waals surface area (Å²) in [7, 11) is 0. The summed E-state index contributed by atoms with van der Waals surface area (Å²) in [6.45, 7) is 6.59. The molecule has 1 saturated heterocycles. The number of hydrogen-bond donors (Lipinski definition) is 0. The van der Waals surface area contributed by atoms with Gasteiger partial charge in [0, 0.05) is 16.7 Å². The van der Waals surface area contributed by atoms with Gasteiger partial charge in [0.2, 0.25) is 0 Å². The smallest absolute Gasteiger partial charge is 0.319 e. The monoisotopic (exact) mass is 294 g/mol. The lowest BCUT2D eigenvalue weighted by atomic mass is 10.2. The van der Waals surface area contributed by atoms with Crippen molar-refractivity contribution in [3.05, 3.63) is 16.3 Å². The number of aryl methyl sites for hydroxylation is 3. The third-order valence-corrected chi connectivity index (χ3v) is 5.58. The minimum absolute atomic E-state index is 0.126. The maximum Gasteiger partial charge on any atom is 0.319 e. The van der Waals surface area contributed by atoms with Crippen molar-refractivity contribution in [2.24, 2.45) is 0 Å². The quantitative estimate of drug-likeness (QED) is 0.629. The van der Waals surface area contributed by atoms with Gasteiger partial charge in [-0.2, -0.15) is 0 Å². The Kier molecular flexibility index (Phi) is 3.22. The molecule has 1 atom stereocenters. The number of ether oxygens (including phenoxy) is 1. The predicted octanol–water partition coefficient (Wildman–Crippen LogP) is 3.02. The normalized spacial score (nSPS) is 19.1. The maximum atomic E-state index is 11.6. The third kappa shape index (κ3) is 2.23. The molecule has 6 heteroatoms. The molecule has 0 bridgehead atoms. The predicted molar refractivity (Wildman–Crippen MR) is 76.8 cm³/mol. The molecule has 3 rings (SSSR count). The number of cyclic esters (lactones) is 1. The molecule has 1 aliphatic heterocycles. The Bertz CT molecular complexity index is 666. The molecule has 0 amide bonds. The summed E-state index contributed by atoms with van der Waals surface area (Å²) in [4.78, 5) is 22.9. The van der Waals surface area contributed by atoms with Crippen molar-refractivity contribution in [3.8, 4) is 0 Å². The molecule has 0 unspecified atom stereocenters. The summed E-state index contributed by atoms with van der Waals surface area (Å²) < 4.78 is 5.01. The number of carbonyl (C=O) groups excluding carboxylic acids is 1. The first-order chi connectivity index (χ1) is 9.06. The van der Waals surface area contributed by atoms with E-state index in [4.69, 9.17) is 4.74 Å². The van der Waals surface area contributed by atoms with Crippen LogP contribution in [0.25, 0.3) is 10.2 Å². The molecule has 0 radical (unpaired) electrons. The van der Waals surface area contributed by atoms with Crippen LogP contribution in [-0.2, 0) is 9.53 Å². The average molecular weight is 294 g/mol. The van der Waals surface area contributed by atoms with Crippen LogP contribution in [0.2, 0.25) is 0 Å². The second kappa shape index (κ2) is 4.76. The zero-order chi connectivity index (χ0) is 13.6.